The van der Waals surface area contributed by atoms with E-state index in [2.05, 4.69) is 5.32 Å². The van der Waals surface area contributed by atoms with E-state index in [1.807, 2.05) is 32.0 Å². The van der Waals surface area contributed by atoms with Gasteiger partial charge in [0.2, 0.25) is 0 Å². The normalized spacial score (nSPS) is 10.7. The summed E-state index contributed by atoms with van der Waals surface area (Å²) in [4.78, 5) is 0. The van der Waals surface area contributed by atoms with Crippen molar-refractivity contribution in [3.8, 4) is 5.75 Å². The van der Waals surface area contributed by atoms with E-state index in [1.165, 1.54) is 12.1 Å². The second-order valence-corrected chi connectivity index (χ2v) is 4.92. The number of hydrogen-bond acceptors (Lipinski definition) is 2. The highest BCUT2D eigenvalue weighted by Gasteiger charge is 2.07. The van der Waals surface area contributed by atoms with Crippen molar-refractivity contribution in [3.63, 3.8) is 0 Å². The average molecular weight is 291 g/mol. The summed E-state index contributed by atoms with van der Waals surface area (Å²) in [5, 5.41) is 3.25. The lowest BCUT2D eigenvalue weighted by molar-refractivity contribution is 0.295. The maximum atomic E-state index is 13.6. The van der Waals surface area contributed by atoms with E-state index >= 15 is 0 Å². The Hall–Kier alpha value is -1.94. The third-order valence-electron chi connectivity index (χ3n) is 3.18. The molecule has 0 aliphatic rings. The second kappa shape index (κ2) is 7.18. The highest BCUT2D eigenvalue weighted by Crippen LogP contribution is 2.22. The number of nitrogens with one attached hydrogen (secondary N) is 1. The van der Waals surface area contributed by atoms with Crippen LogP contribution < -0.4 is 10.1 Å². The monoisotopic (exact) mass is 291 g/mol. The van der Waals surface area contributed by atoms with Gasteiger partial charge in [-0.15, -0.1) is 0 Å². The summed E-state index contributed by atoms with van der Waals surface area (Å²) >= 11 is 0. The van der Waals surface area contributed by atoms with Crippen molar-refractivity contribution in [2.45, 2.75) is 27.0 Å². The molecule has 4 heteroatoms. The van der Waals surface area contributed by atoms with E-state index in [9.17, 15) is 8.78 Å². The smallest absolute Gasteiger partial charge is 0.132 e. The number of hydrogen-bond donors (Lipinski definition) is 1. The summed E-state index contributed by atoms with van der Waals surface area (Å²) in [5.41, 5.74) is 2.51. The van der Waals surface area contributed by atoms with Gasteiger partial charge in [0, 0.05) is 23.7 Å². The molecule has 0 aromatic heterocycles. The average Bonchev–Trinajstić information content (AvgIpc) is 2.45. The van der Waals surface area contributed by atoms with Gasteiger partial charge in [0.25, 0.3) is 0 Å². The van der Waals surface area contributed by atoms with Gasteiger partial charge >= 0.3 is 0 Å². The number of ether oxygens (including phenoxy) is 1. The summed E-state index contributed by atoms with van der Waals surface area (Å²) < 4.78 is 32.2. The van der Waals surface area contributed by atoms with Gasteiger partial charge in [-0.25, -0.2) is 8.78 Å². The first-order chi connectivity index (χ1) is 10.1. The van der Waals surface area contributed by atoms with Gasteiger partial charge < -0.3 is 10.1 Å². The van der Waals surface area contributed by atoms with Crippen LogP contribution in [-0.4, -0.2) is 6.54 Å². The number of benzene rings is 2. The number of halogens is 2. The third-order valence-corrected chi connectivity index (χ3v) is 3.18. The predicted molar refractivity (Wildman–Crippen MR) is 79.2 cm³/mol. The zero-order chi connectivity index (χ0) is 15.2. The summed E-state index contributed by atoms with van der Waals surface area (Å²) in [7, 11) is 0. The van der Waals surface area contributed by atoms with Gasteiger partial charge in [-0.1, -0.05) is 24.6 Å². The Kier molecular flexibility index (Phi) is 5.28. The van der Waals surface area contributed by atoms with Gasteiger partial charge in [-0.3, -0.25) is 0 Å². The molecular formula is C17H19F2NO. The van der Waals surface area contributed by atoms with Gasteiger partial charge in [0.1, 0.15) is 24.0 Å². The molecule has 0 aliphatic carbocycles. The van der Waals surface area contributed by atoms with Crippen LogP contribution in [-0.2, 0) is 13.2 Å². The maximum Gasteiger partial charge on any atom is 0.132 e. The molecule has 2 aromatic rings. The lowest BCUT2D eigenvalue weighted by atomic mass is 10.1. The van der Waals surface area contributed by atoms with Crippen molar-refractivity contribution in [3.05, 3.63) is 64.7 Å². The lowest BCUT2D eigenvalue weighted by Gasteiger charge is -2.13. The Morgan fingerprint density at radius 3 is 2.57 bits per heavy atom. The number of rotatable bonds is 6. The molecule has 0 saturated heterocycles. The highest BCUT2D eigenvalue weighted by atomic mass is 19.1. The van der Waals surface area contributed by atoms with Crippen LogP contribution in [0.25, 0.3) is 0 Å². The van der Waals surface area contributed by atoms with Crippen LogP contribution in [0.5, 0.6) is 5.75 Å². The van der Waals surface area contributed by atoms with Crippen LogP contribution in [0.15, 0.2) is 36.4 Å². The molecule has 0 amide bonds. The van der Waals surface area contributed by atoms with Gasteiger partial charge in [-0.2, -0.15) is 0 Å². The van der Waals surface area contributed by atoms with Crippen molar-refractivity contribution in [1.82, 2.24) is 5.32 Å². The Balaban J connectivity index is 2.11. The SMILES string of the molecule is CCNCc1cc(C)ccc1OCc1ccc(F)cc1F. The molecule has 0 atom stereocenters. The largest absolute Gasteiger partial charge is 0.488 e. The molecule has 0 aliphatic heterocycles. The topological polar surface area (TPSA) is 21.3 Å². The highest BCUT2D eigenvalue weighted by molar-refractivity contribution is 5.37. The van der Waals surface area contributed by atoms with Crippen molar-refractivity contribution >= 4 is 0 Å². The Labute approximate surface area is 123 Å². The molecular weight excluding hydrogens is 272 g/mol. The molecule has 2 nitrogen and oxygen atoms in total. The van der Waals surface area contributed by atoms with Crippen LogP contribution in [0.3, 0.4) is 0 Å². The van der Waals surface area contributed by atoms with Gasteiger partial charge in [0.05, 0.1) is 0 Å². The summed E-state index contributed by atoms with van der Waals surface area (Å²) in [6.45, 7) is 5.68. The van der Waals surface area contributed by atoms with E-state index in [-0.39, 0.29) is 6.61 Å². The molecule has 2 aromatic carbocycles. The van der Waals surface area contributed by atoms with E-state index < -0.39 is 11.6 Å². The van der Waals surface area contributed by atoms with Crippen molar-refractivity contribution < 1.29 is 13.5 Å². The fourth-order valence-electron chi connectivity index (χ4n) is 2.04. The molecule has 21 heavy (non-hydrogen) atoms. The Morgan fingerprint density at radius 1 is 1.05 bits per heavy atom. The number of aryl methyl sites for hydroxylation is 1. The molecule has 0 heterocycles. The first-order valence-corrected chi connectivity index (χ1v) is 6.97. The Morgan fingerprint density at radius 2 is 1.86 bits per heavy atom. The van der Waals surface area contributed by atoms with Crippen LogP contribution in [0.4, 0.5) is 8.78 Å². The molecule has 2 rings (SSSR count). The molecule has 1 N–H and O–H groups in total. The molecule has 0 spiro atoms. The second-order valence-electron chi connectivity index (χ2n) is 4.92. The van der Waals surface area contributed by atoms with E-state index in [0.29, 0.717) is 17.9 Å². The molecule has 0 unspecified atom stereocenters. The van der Waals surface area contributed by atoms with Crippen LogP contribution >= 0.6 is 0 Å². The summed E-state index contributed by atoms with van der Waals surface area (Å²) in [6, 6.07) is 9.38. The fraction of sp³-hybridized carbons (Fsp3) is 0.294. The van der Waals surface area contributed by atoms with E-state index in [4.69, 9.17) is 4.74 Å². The molecule has 0 fully saturated rings. The van der Waals surface area contributed by atoms with E-state index in [0.717, 1.165) is 23.7 Å². The summed E-state index contributed by atoms with van der Waals surface area (Å²) in [6.07, 6.45) is 0. The minimum Gasteiger partial charge on any atom is -0.488 e. The lowest BCUT2D eigenvalue weighted by Crippen LogP contribution is -2.13. The first-order valence-electron chi connectivity index (χ1n) is 6.97. The molecule has 112 valence electrons. The van der Waals surface area contributed by atoms with Crippen LogP contribution in [0.1, 0.15) is 23.6 Å². The maximum absolute atomic E-state index is 13.6. The summed E-state index contributed by atoms with van der Waals surface area (Å²) in [5.74, 6) is -0.458. The third kappa shape index (κ3) is 4.26. The van der Waals surface area contributed by atoms with Crippen LogP contribution in [0, 0.1) is 18.6 Å². The zero-order valence-electron chi connectivity index (χ0n) is 12.2. The van der Waals surface area contributed by atoms with Crippen molar-refractivity contribution in [2.75, 3.05) is 6.54 Å². The van der Waals surface area contributed by atoms with Gasteiger partial charge in [0.15, 0.2) is 0 Å². The van der Waals surface area contributed by atoms with E-state index in [1.54, 1.807) is 0 Å². The minimum absolute atomic E-state index is 0.0777. The standard InChI is InChI=1S/C17H19F2NO/c1-3-20-10-14-8-12(2)4-7-17(14)21-11-13-5-6-15(18)9-16(13)19/h4-9,20H,3,10-11H2,1-2H3. The fourth-order valence-corrected chi connectivity index (χ4v) is 2.04. The zero-order valence-corrected chi connectivity index (χ0v) is 12.2. The molecule has 0 bridgehead atoms. The van der Waals surface area contributed by atoms with Crippen molar-refractivity contribution in [1.29, 1.82) is 0 Å². The minimum atomic E-state index is -0.588. The van der Waals surface area contributed by atoms with Crippen LogP contribution in [0.2, 0.25) is 0 Å². The predicted octanol–water partition coefficient (Wildman–Crippen LogP) is 3.96. The first kappa shape index (κ1) is 15.4. The molecule has 0 saturated carbocycles. The quantitative estimate of drug-likeness (QED) is 0.869. The van der Waals surface area contributed by atoms with Crippen molar-refractivity contribution in [2.24, 2.45) is 0 Å². The molecule has 0 radical (unpaired) electrons. The van der Waals surface area contributed by atoms with Gasteiger partial charge in [-0.05, 0) is 31.7 Å². The Bertz CT molecular complexity index is 614.